The number of phenolic OH excluding ortho intramolecular Hbond substituents is 2. The van der Waals surface area contributed by atoms with Gasteiger partial charge in [-0.3, -0.25) is 4.79 Å². The number of halogens is 1. The summed E-state index contributed by atoms with van der Waals surface area (Å²) in [6.07, 6.45) is 13.0. The molecule has 0 bridgehead atoms. The van der Waals surface area contributed by atoms with Gasteiger partial charge in [-0.05, 0) is 56.1 Å². The van der Waals surface area contributed by atoms with Crippen LogP contribution in [0.25, 0.3) is 0 Å². The largest absolute Gasteiger partial charge is 0.507 e. The van der Waals surface area contributed by atoms with Crippen LogP contribution in [0, 0.1) is 5.92 Å². The van der Waals surface area contributed by atoms with Gasteiger partial charge >= 0.3 is 5.97 Å². The number of aromatic hydroxyl groups is 2. The zero-order valence-corrected chi connectivity index (χ0v) is 20.8. The summed E-state index contributed by atoms with van der Waals surface area (Å²) < 4.78 is 5.35. The van der Waals surface area contributed by atoms with Crippen molar-refractivity contribution in [2.45, 2.75) is 51.9 Å². The van der Waals surface area contributed by atoms with Crippen LogP contribution in [0.3, 0.4) is 0 Å². The maximum Gasteiger partial charge on any atom is 0.342 e. The van der Waals surface area contributed by atoms with Crippen LogP contribution in [-0.2, 0) is 20.8 Å². The molecule has 0 spiro atoms. The Morgan fingerprint density at radius 2 is 1.97 bits per heavy atom. The van der Waals surface area contributed by atoms with Crippen LogP contribution >= 0.6 is 11.6 Å². The van der Waals surface area contributed by atoms with Crippen molar-refractivity contribution in [2.75, 3.05) is 26.3 Å². The molecule has 0 aromatic heterocycles. The summed E-state index contributed by atoms with van der Waals surface area (Å²) in [6, 6.07) is 1.02. The maximum atomic E-state index is 12.8. The molecule has 1 fully saturated rings. The molecule has 2 aliphatic rings. The highest BCUT2D eigenvalue weighted by Gasteiger charge is 2.25. The fraction of sp³-hybridized carbons (Fsp3) is 0.500. The summed E-state index contributed by atoms with van der Waals surface area (Å²) in [4.78, 5) is 32.4. The number of nitrogens with zero attached hydrogens (tertiary/aromatic N) is 2. The topological polar surface area (TPSA) is 109 Å². The van der Waals surface area contributed by atoms with Crippen molar-refractivity contribution in [1.29, 1.82) is 0 Å². The average molecular weight is 505 g/mol. The van der Waals surface area contributed by atoms with Crippen LogP contribution in [-0.4, -0.2) is 59.0 Å². The zero-order valence-electron chi connectivity index (χ0n) is 20.0. The molecule has 8 nitrogen and oxygen atoms in total. The van der Waals surface area contributed by atoms with Gasteiger partial charge in [0, 0.05) is 25.6 Å². The van der Waals surface area contributed by atoms with Crippen molar-refractivity contribution in [3.05, 3.63) is 46.5 Å². The van der Waals surface area contributed by atoms with E-state index in [4.69, 9.17) is 21.2 Å². The summed E-state index contributed by atoms with van der Waals surface area (Å²) in [5, 5.41) is 24.7. The summed E-state index contributed by atoms with van der Waals surface area (Å²) in [6.45, 7) is 3.49. The minimum atomic E-state index is -0.740. The number of esters is 1. The summed E-state index contributed by atoms with van der Waals surface area (Å²) in [5.74, 6) is -1.39. The lowest BCUT2D eigenvalue weighted by Crippen LogP contribution is -2.37. The molecule has 3 rings (SSSR count). The highest BCUT2D eigenvalue weighted by atomic mass is 35.5. The smallest absolute Gasteiger partial charge is 0.342 e. The van der Waals surface area contributed by atoms with Gasteiger partial charge in [-0.15, -0.1) is 0 Å². The van der Waals surface area contributed by atoms with Crippen molar-refractivity contribution >= 4 is 29.2 Å². The van der Waals surface area contributed by atoms with E-state index < -0.39 is 11.7 Å². The lowest BCUT2D eigenvalue weighted by atomic mass is 9.99. The van der Waals surface area contributed by atoms with Crippen LogP contribution in [0.5, 0.6) is 11.5 Å². The van der Waals surface area contributed by atoms with Gasteiger partial charge in [0.15, 0.2) is 6.61 Å². The second-order valence-electron chi connectivity index (χ2n) is 8.88. The normalized spacial score (nSPS) is 21.1. The standard InChI is InChI=1S/C26H33ClN2O6/c1-18-9-4-2-7-14-34-26(33)24-20(25(27)22(31)16-21(24)30)15-19(11-8-10-18)28-35-17-23(32)29-12-5-3-6-13-29/h4,8-9,11,16,18,30-31H,2-3,5-7,10,12-15,17H2,1H3. The zero-order chi connectivity index (χ0) is 25.2. The average Bonchev–Trinajstić information content (AvgIpc) is 2.84. The molecule has 1 amide bonds. The van der Waals surface area contributed by atoms with Crippen LogP contribution in [0.2, 0.25) is 5.02 Å². The molecule has 1 saturated heterocycles. The van der Waals surface area contributed by atoms with E-state index in [0.717, 1.165) is 38.2 Å². The number of cyclic esters (lactones) is 1. The van der Waals surface area contributed by atoms with Gasteiger partial charge in [-0.25, -0.2) is 4.79 Å². The fourth-order valence-electron chi connectivity index (χ4n) is 4.05. The highest BCUT2D eigenvalue weighted by Crippen LogP contribution is 2.37. The first-order chi connectivity index (χ1) is 16.9. The molecular formula is C26H33ClN2O6. The number of rotatable bonds is 3. The lowest BCUT2D eigenvalue weighted by Gasteiger charge is -2.26. The van der Waals surface area contributed by atoms with E-state index in [1.54, 1.807) is 11.0 Å². The van der Waals surface area contributed by atoms with Gasteiger partial charge in [0.05, 0.1) is 17.3 Å². The number of carbonyl (C=O) groups is 2. The predicted octanol–water partition coefficient (Wildman–Crippen LogP) is 4.77. The van der Waals surface area contributed by atoms with Crippen LogP contribution in [0.15, 0.2) is 35.5 Å². The first-order valence-electron chi connectivity index (χ1n) is 12.1. The molecule has 9 heteroatoms. The molecule has 2 N–H and O–H groups in total. The number of amides is 1. The Morgan fingerprint density at radius 1 is 1.20 bits per heavy atom. The number of hydrogen-bond donors (Lipinski definition) is 2. The number of carbonyl (C=O) groups excluding carboxylic acids is 2. The van der Waals surface area contributed by atoms with Crippen molar-refractivity contribution < 1.29 is 29.4 Å². The second-order valence-corrected chi connectivity index (χ2v) is 9.26. The molecule has 35 heavy (non-hydrogen) atoms. The van der Waals surface area contributed by atoms with Crippen LogP contribution in [0.1, 0.15) is 61.4 Å². The highest BCUT2D eigenvalue weighted by molar-refractivity contribution is 6.33. The number of phenols is 2. The van der Waals surface area contributed by atoms with Gasteiger partial charge < -0.3 is 24.7 Å². The van der Waals surface area contributed by atoms with Gasteiger partial charge in [0.2, 0.25) is 0 Å². The predicted molar refractivity (Wildman–Crippen MR) is 134 cm³/mol. The molecular weight excluding hydrogens is 472 g/mol. The van der Waals surface area contributed by atoms with Crippen LogP contribution < -0.4 is 0 Å². The Morgan fingerprint density at radius 3 is 2.74 bits per heavy atom. The minimum Gasteiger partial charge on any atom is -0.507 e. The SMILES string of the molecule is CC1C=CCCCOC(=O)c2c(O)cc(O)c(Cl)c2CC(=NOCC(=O)N2CCCCC2)C=CC1. The molecule has 1 aromatic rings. The summed E-state index contributed by atoms with van der Waals surface area (Å²) >= 11 is 6.34. The first-order valence-corrected chi connectivity index (χ1v) is 12.4. The Hall–Kier alpha value is -3.00. The Bertz CT molecular complexity index is 998. The number of allylic oxidation sites excluding steroid dienone is 4. The molecule has 1 atom stereocenters. The number of ether oxygens (including phenoxy) is 1. The third kappa shape index (κ3) is 7.75. The number of fused-ring (bicyclic) bond motifs is 1. The Labute approximate surface area is 210 Å². The van der Waals surface area contributed by atoms with Crippen molar-refractivity contribution in [3.8, 4) is 11.5 Å². The van der Waals surface area contributed by atoms with Gasteiger partial charge in [0.1, 0.15) is 17.1 Å². The van der Waals surface area contributed by atoms with Crippen LogP contribution in [0.4, 0.5) is 0 Å². The number of piperidine rings is 1. The van der Waals surface area contributed by atoms with E-state index in [1.165, 1.54) is 0 Å². The molecule has 2 heterocycles. The Kier molecular flexibility index (Phi) is 10.0. The van der Waals surface area contributed by atoms with Crippen molar-refractivity contribution in [2.24, 2.45) is 11.1 Å². The quantitative estimate of drug-likeness (QED) is 0.349. The third-order valence-corrected chi connectivity index (χ3v) is 6.41. The fourth-order valence-corrected chi connectivity index (χ4v) is 4.27. The number of benzene rings is 1. The van der Waals surface area contributed by atoms with E-state index in [0.29, 0.717) is 25.2 Å². The molecule has 1 unspecified atom stereocenters. The van der Waals surface area contributed by atoms with Crippen molar-refractivity contribution in [1.82, 2.24) is 4.90 Å². The van der Waals surface area contributed by atoms with E-state index in [-0.39, 0.29) is 53.4 Å². The summed E-state index contributed by atoms with van der Waals surface area (Å²) in [7, 11) is 0. The van der Waals surface area contributed by atoms with E-state index in [2.05, 4.69) is 24.2 Å². The Balaban J connectivity index is 1.88. The van der Waals surface area contributed by atoms with E-state index >= 15 is 0 Å². The molecule has 0 saturated carbocycles. The summed E-state index contributed by atoms with van der Waals surface area (Å²) in [5.41, 5.74) is 0.421. The second kappa shape index (κ2) is 13.2. The van der Waals surface area contributed by atoms with Gasteiger partial charge in [-0.2, -0.15) is 0 Å². The monoisotopic (exact) mass is 504 g/mol. The van der Waals surface area contributed by atoms with Gasteiger partial charge in [0.25, 0.3) is 5.91 Å². The number of hydrogen-bond acceptors (Lipinski definition) is 7. The molecule has 1 aromatic carbocycles. The van der Waals surface area contributed by atoms with E-state index in [1.807, 2.05) is 6.08 Å². The minimum absolute atomic E-state index is 0.0240. The third-order valence-electron chi connectivity index (χ3n) is 5.99. The molecule has 0 aliphatic carbocycles. The molecule has 190 valence electrons. The number of oxime groups is 1. The lowest BCUT2D eigenvalue weighted by molar-refractivity contribution is -0.137. The van der Waals surface area contributed by atoms with Gasteiger partial charge in [-0.1, -0.05) is 41.9 Å². The van der Waals surface area contributed by atoms with Crippen molar-refractivity contribution in [3.63, 3.8) is 0 Å². The molecule has 2 aliphatic heterocycles. The first kappa shape index (κ1) is 26.6. The molecule has 0 radical (unpaired) electrons. The van der Waals surface area contributed by atoms with E-state index in [9.17, 15) is 19.8 Å². The number of likely N-dealkylation sites (tertiary alicyclic amines) is 1. The maximum absolute atomic E-state index is 12.8.